The summed E-state index contributed by atoms with van der Waals surface area (Å²) in [6.45, 7) is 0. The summed E-state index contributed by atoms with van der Waals surface area (Å²) >= 11 is 12.2. The largest absolute Gasteiger partial charge is 0.455 e. The van der Waals surface area contributed by atoms with Crippen LogP contribution in [0.25, 0.3) is 0 Å². The highest BCUT2D eigenvalue weighted by Crippen LogP contribution is 2.35. The molecule has 2 aromatic rings. The summed E-state index contributed by atoms with van der Waals surface area (Å²) in [4.78, 5) is 11.0. The number of halogens is 4. The summed E-state index contributed by atoms with van der Waals surface area (Å²) in [5.74, 6) is -0.0428. The van der Waals surface area contributed by atoms with E-state index in [1.54, 1.807) is 18.2 Å². The number of benzene rings is 2. The minimum atomic E-state index is -0.496. The molecule has 2 nitrogen and oxygen atoms in total. The van der Waals surface area contributed by atoms with Crippen molar-refractivity contribution >= 4 is 49.7 Å². The van der Waals surface area contributed by atoms with Crippen molar-refractivity contribution in [3.63, 3.8) is 0 Å². The second-order valence-corrected chi connectivity index (χ2v) is 5.78. The average Bonchev–Trinajstić information content (AvgIpc) is 2.37. The van der Waals surface area contributed by atoms with E-state index in [0.29, 0.717) is 17.6 Å². The molecule has 0 aliphatic heterocycles. The molecule has 98 valence electrons. The van der Waals surface area contributed by atoms with Gasteiger partial charge in [0.2, 0.25) is 0 Å². The Hall–Kier alpha value is -0.910. The Kier molecular flexibility index (Phi) is 4.60. The lowest BCUT2D eigenvalue weighted by atomic mass is 10.2. The maximum absolute atomic E-state index is 13.4. The van der Waals surface area contributed by atoms with Crippen LogP contribution in [0.4, 0.5) is 4.39 Å². The van der Waals surface area contributed by atoms with Crippen LogP contribution in [-0.4, -0.2) is 6.29 Å². The van der Waals surface area contributed by atoms with Gasteiger partial charge in [-0.1, -0.05) is 27.5 Å². The van der Waals surface area contributed by atoms with Gasteiger partial charge in [-0.3, -0.25) is 4.79 Å². The molecule has 0 fully saturated rings. The zero-order valence-corrected chi connectivity index (χ0v) is 13.2. The Balaban J connectivity index is 2.41. The molecular formula is C13H6Br2ClFO2. The molecule has 0 saturated carbocycles. The highest BCUT2D eigenvalue weighted by atomic mass is 79.9. The second-order valence-electron chi connectivity index (χ2n) is 3.60. The topological polar surface area (TPSA) is 26.3 Å². The van der Waals surface area contributed by atoms with Gasteiger partial charge in [0, 0.05) is 10.5 Å². The number of hydrogen-bond donors (Lipinski definition) is 0. The predicted octanol–water partition coefficient (Wildman–Crippen LogP) is 5.61. The first-order valence-electron chi connectivity index (χ1n) is 5.08. The molecular weight excluding hydrogens is 402 g/mol. The highest BCUT2D eigenvalue weighted by molar-refractivity contribution is 9.10. The van der Waals surface area contributed by atoms with Crippen molar-refractivity contribution in [1.82, 2.24) is 0 Å². The van der Waals surface area contributed by atoms with Crippen molar-refractivity contribution in [3.8, 4) is 11.5 Å². The van der Waals surface area contributed by atoms with E-state index >= 15 is 0 Å². The molecule has 6 heteroatoms. The van der Waals surface area contributed by atoms with Gasteiger partial charge in [-0.25, -0.2) is 4.39 Å². The molecule has 0 radical (unpaired) electrons. The van der Waals surface area contributed by atoms with Crippen LogP contribution in [0.2, 0.25) is 5.02 Å². The smallest absolute Gasteiger partial charge is 0.153 e. The van der Waals surface area contributed by atoms with Crippen molar-refractivity contribution in [2.45, 2.75) is 0 Å². The second kappa shape index (κ2) is 6.03. The first kappa shape index (κ1) is 14.5. The van der Waals surface area contributed by atoms with Crippen LogP contribution in [0.3, 0.4) is 0 Å². The lowest BCUT2D eigenvalue weighted by Gasteiger charge is -2.10. The molecule has 0 aliphatic rings. The van der Waals surface area contributed by atoms with Crippen LogP contribution in [0.15, 0.2) is 39.3 Å². The zero-order chi connectivity index (χ0) is 14.0. The molecule has 0 unspecified atom stereocenters. The summed E-state index contributed by atoms with van der Waals surface area (Å²) in [6.07, 6.45) is 0.656. The quantitative estimate of drug-likeness (QED) is 0.488. The van der Waals surface area contributed by atoms with Crippen LogP contribution in [0, 0.1) is 5.82 Å². The molecule has 0 aromatic heterocycles. The van der Waals surface area contributed by atoms with Gasteiger partial charge in [-0.2, -0.15) is 0 Å². The van der Waals surface area contributed by atoms with E-state index in [9.17, 15) is 9.18 Å². The van der Waals surface area contributed by atoms with E-state index in [0.717, 1.165) is 10.5 Å². The summed E-state index contributed by atoms with van der Waals surface area (Å²) in [5.41, 5.74) is 0.341. The monoisotopic (exact) mass is 406 g/mol. The Bertz CT molecular complexity index is 647. The van der Waals surface area contributed by atoms with E-state index < -0.39 is 5.82 Å². The third-order valence-electron chi connectivity index (χ3n) is 2.29. The van der Waals surface area contributed by atoms with Crippen molar-refractivity contribution in [1.29, 1.82) is 0 Å². The summed E-state index contributed by atoms with van der Waals surface area (Å²) in [5, 5.41) is 0.244. The molecule has 19 heavy (non-hydrogen) atoms. The number of hydrogen-bond acceptors (Lipinski definition) is 2. The van der Waals surface area contributed by atoms with Gasteiger partial charge < -0.3 is 4.74 Å². The molecule has 0 atom stereocenters. The van der Waals surface area contributed by atoms with Crippen LogP contribution < -0.4 is 4.74 Å². The molecule has 0 spiro atoms. The van der Waals surface area contributed by atoms with Gasteiger partial charge in [0.15, 0.2) is 6.29 Å². The molecule has 0 bridgehead atoms. The number of aldehydes is 1. The molecule has 0 aliphatic carbocycles. The molecule has 0 N–H and O–H groups in total. The van der Waals surface area contributed by atoms with E-state index in [1.165, 1.54) is 6.07 Å². The first-order chi connectivity index (χ1) is 9.01. The third kappa shape index (κ3) is 3.35. The zero-order valence-electron chi connectivity index (χ0n) is 9.29. The maximum atomic E-state index is 13.4. The van der Waals surface area contributed by atoms with Crippen LogP contribution in [0.5, 0.6) is 11.5 Å². The van der Waals surface area contributed by atoms with E-state index in [2.05, 4.69) is 31.9 Å². The summed E-state index contributed by atoms with van der Waals surface area (Å²) < 4.78 is 19.9. The van der Waals surface area contributed by atoms with Gasteiger partial charge in [-0.15, -0.1) is 0 Å². The van der Waals surface area contributed by atoms with Gasteiger partial charge in [0.1, 0.15) is 17.3 Å². The maximum Gasteiger partial charge on any atom is 0.153 e. The van der Waals surface area contributed by atoms with Gasteiger partial charge in [-0.05, 0) is 40.2 Å². The first-order valence-corrected chi connectivity index (χ1v) is 7.05. The Morgan fingerprint density at radius 2 is 1.89 bits per heavy atom. The number of carbonyl (C=O) groups excluding carboxylic acids is 1. The number of ether oxygens (including phenoxy) is 1. The van der Waals surface area contributed by atoms with Crippen LogP contribution in [0.1, 0.15) is 10.4 Å². The van der Waals surface area contributed by atoms with Crippen molar-refractivity contribution in [3.05, 3.63) is 55.7 Å². The van der Waals surface area contributed by atoms with Crippen molar-refractivity contribution < 1.29 is 13.9 Å². The Morgan fingerprint density at radius 1 is 1.16 bits per heavy atom. The van der Waals surface area contributed by atoms with Crippen molar-refractivity contribution in [2.75, 3.05) is 0 Å². The molecule has 0 amide bonds. The lowest BCUT2D eigenvalue weighted by molar-refractivity contribution is 0.112. The van der Waals surface area contributed by atoms with Crippen LogP contribution in [-0.2, 0) is 0 Å². The summed E-state index contributed by atoms with van der Waals surface area (Å²) in [7, 11) is 0. The van der Waals surface area contributed by atoms with E-state index in [4.69, 9.17) is 16.3 Å². The van der Waals surface area contributed by atoms with E-state index in [-0.39, 0.29) is 15.2 Å². The Morgan fingerprint density at radius 3 is 2.58 bits per heavy atom. The SMILES string of the molecule is O=Cc1cc(Br)ccc1Oc1cc(F)c(Br)cc1Cl. The predicted molar refractivity (Wildman–Crippen MR) is 78.7 cm³/mol. The number of carbonyl (C=O) groups is 1. The van der Waals surface area contributed by atoms with Gasteiger partial charge in [0.05, 0.1) is 15.1 Å². The molecule has 2 aromatic carbocycles. The summed E-state index contributed by atoms with van der Waals surface area (Å²) in [6, 6.07) is 7.47. The average molecular weight is 408 g/mol. The molecule has 2 rings (SSSR count). The van der Waals surface area contributed by atoms with Gasteiger partial charge >= 0.3 is 0 Å². The third-order valence-corrected chi connectivity index (χ3v) is 3.69. The lowest BCUT2D eigenvalue weighted by Crippen LogP contribution is -1.92. The minimum Gasteiger partial charge on any atom is -0.455 e. The Labute approximate surface area is 130 Å². The molecule has 0 heterocycles. The highest BCUT2D eigenvalue weighted by Gasteiger charge is 2.11. The normalized spacial score (nSPS) is 10.3. The molecule has 0 saturated heterocycles. The van der Waals surface area contributed by atoms with E-state index in [1.807, 2.05) is 0 Å². The fourth-order valence-electron chi connectivity index (χ4n) is 1.41. The fraction of sp³-hybridized carbons (Fsp3) is 0. The standard InChI is InChI=1S/C13H6Br2ClFO2/c14-8-1-2-12(7(3-8)6-18)19-13-5-11(17)9(15)4-10(13)16/h1-6H. The number of rotatable bonds is 3. The fourth-order valence-corrected chi connectivity index (χ4v) is 2.46. The van der Waals surface area contributed by atoms with Gasteiger partial charge in [0.25, 0.3) is 0 Å². The minimum absolute atomic E-state index is 0.146. The van der Waals surface area contributed by atoms with Crippen LogP contribution >= 0.6 is 43.5 Å². The van der Waals surface area contributed by atoms with Crippen molar-refractivity contribution in [2.24, 2.45) is 0 Å².